The number of carbonyl (C=O) groups excluding carboxylic acids is 2. The molecule has 0 aromatic heterocycles. The molecule has 1 fully saturated rings. The second-order valence-corrected chi connectivity index (χ2v) is 10.0. The topological polar surface area (TPSA) is 112 Å². The number of rotatable bonds is 14. The Bertz CT molecular complexity index is 1260. The Labute approximate surface area is 241 Å². The third-order valence-electron chi connectivity index (χ3n) is 7.13. The molecule has 0 aliphatic carbocycles. The molecule has 9 heteroatoms. The number of nitrogens with one attached hydrogen (secondary N) is 3. The van der Waals surface area contributed by atoms with Gasteiger partial charge in [0.1, 0.15) is 11.9 Å². The standard InChI is InChI=1S/C32H40N4O5/c1-40-31-21-24(22-34-16-20-37)11-12-28(31)30(38)23-33-15-19-36-17-13-26(14-18-36)41-32(39)35-29-10-6-5-9-27(29)25-7-3-2-4-8-25/h2-12,21,26,33-34,37H,13-20,22-23H2,1H3,(H,35,39). The van der Waals surface area contributed by atoms with E-state index in [4.69, 9.17) is 14.6 Å². The minimum Gasteiger partial charge on any atom is -0.496 e. The zero-order valence-corrected chi connectivity index (χ0v) is 23.6. The molecule has 218 valence electrons. The molecule has 1 aliphatic heterocycles. The number of ketones is 1. The van der Waals surface area contributed by atoms with Crippen LogP contribution in [-0.2, 0) is 11.3 Å². The highest BCUT2D eigenvalue weighted by Crippen LogP contribution is 2.28. The van der Waals surface area contributed by atoms with E-state index >= 15 is 0 Å². The van der Waals surface area contributed by atoms with E-state index < -0.39 is 6.09 Å². The second kappa shape index (κ2) is 15.9. The zero-order chi connectivity index (χ0) is 28.9. The molecular weight excluding hydrogens is 520 g/mol. The van der Waals surface area contributed by atoms with Crippen LogP contribution in [0.2, 0.25) is 0 Å². The summed E-state index contributed by atoms with van der Waals surface area (Å²) in [6, 6.07) is 23.2. The summed E-state index contributed by atoms with van der Waals surface area (Å²) in [6.07, 6.45) is 0.975. The molecule has 1 heterocycles. The number of aliphatic hydroxyl groups excluding tert-OH is 1. The lowest BCUT2D eigenvalue weighted by Gasteiger charge is -2.31. The van der Waals surface area contributed by atoms with Crippen molar-refractivity contribution < 1.29 is 24.2 Å². The van der Waals surface area contributed by atoms with Gasteiger partial charge in [-0.05, 0) is 42.2 Å². The van der Waals surface area contributed by atoms with Gasteiger partial charge in [-0.15, -0.1) is 0 Å². The first kappa shape index (κ1) is 30.2. The summed E-state index contributed by atoms with van der Waals surface area (Å²) in [5, 5.41) is 18.2. The monoisotopic (exact) mass is 560 g/mol. The quantitative estimate of drug-likeness (QED) is 0.173. The summed E-state index contributed by atoms with van der Waals surface area (Å²) in [4.78, 5) is 27.7. The fourth-order valence-electron chi connectivity index (χ4n) is 4.93. The van der Waals surface area contributed by atoms with E-state index in [0.717, 1.165) is 54.9 Å². The van der Waals surface area contributed by atoms with Crippen molar-refractivity contribution in [2.75, 3.05) is 58.3 Å². The van der Waals surface area contributed by atoms with E-state index in [1.807, 2.05) is 66.7 Å². The number of piperidine rings is 1. The van der Waals surface area contributed by atoms with Crippen LogP contribution in [0.1, 0.15) is 28.8 Å². The van der Waals surface area contributed by atoms with Crippen LogP contribution in [0, 0.1) is 0 Å². The van der Waals surface area contributed by atoms with Crippen LogP contribution < -0.4 is 20.7 Å². The van der Waals surface area contributed by atoms with Crippen LogP contribution in [0.3, 0.4) is 0 Å². The number of hydrogen-bond acceptors (Lipinski definition) is 8. The Morgan fingerprint density at radius 3 is 2.46 bits per heavy atom. The van der Waals surface area contributed by atoms with Crippen molar-refractivity contribution in [3.63, 3.8) is 0 Å². The second-order valence-electron chi connectivity index (χ2n) is 10.0. The van der Waals surface area contributed by atoms with Gasteiger partial charge in [0.05, 0.1) is 31.5 Å². The molecule has 0 unspecified atom stereocenters. The van der Waals surface area contributed by atoms with E-state index in [0.29, 0.717) is 30.9 Å². The highest BCUT2D eigenvalue weighted by molar-refractivity contribution is 6.00. The molecule has 4 rings (SSSR count). The largest absolute Gasteiger partial charge is 0.496 e. The van der Waals surface area contributed by atoms with E-state index in [1.165, 1.54) is 0 Å². The maximum absolute atomic E-state index is 12.8. The van der Waals surface area contributed by atoms with Crippen LogP contribution in [-0.4, -0.2) is 81.0 Å². The number of Topliss-reactive ketones (excluding diaryl/α,β-unsaturated/α-hetero) is 1. The minimum atomic E-state index is -0.433. The lowest BCUT2D eigenvalue weighted by atomic mass is 10.0. The number of amides is 1. The molecule has 0 spiro atoms. The number of carbonyl (C=O) groups is 2. The molecular formula is C32H40N4O5. The van der Waals surface area contributed by atoms with Crippen LogP contribution in [0.4, 0.5) is 10.5 Å². The van der Waals surface area contributed by atoms with Crippen molar-refractivity contribution in [3.05, 3.63) is 83.9 Å². The van der Waals surface area contributed by atoms with E-state index in [9.17, 15) is 9.59 Å². The molecule has 3 aromatic rings. The minimum absolute atomic E-state index is 0.0244. The summed E-state index contributed by atoms with van der Waals surface area (Å²) < 4.78 is 11.2. The predicted molar refractivity (Wildman–Crippen MR) is 160 cm³/mol. The summed E-state index contributed by atoms with van der Waals surface area (Å²) in [5.74, 6) is 0.526. The number of anilines is 1. The van der Waals surface area contributed by atoms with Crippen molar-refractivity contribution in [3.8, 4) is 16.9 Å². The normalized spacial score (nSPS) is 14.0. The molecule has 0 atom stereocenters. The van der Waals surface area contributed by atoms with E-state index in [2.05, 4.69) is 20.9 Å². The van der Waals surface area contributed by atoms with Crippen molar-refractivity contribution in [1.29, 1.82) is 0 Å². The fraction of sp³-hybridized carbons (Fsp3) is 0.375. The molecule has 41 heavy (non-hydrogen) atoms. The molecule has 3 aromatic carbocycles. The first-order valence-corrected chi connectivity index (χ1v) is 14.1. The van der Waals surface area contributed by atoms with Gasteiger partial charge in [0, 0.05) is 44.8 Å². The fourth-order valence-corrected chi connectivity index (χ4v) is 4.93. The number of likely N-dealkylation sites (tertiary alicyclic amines) is 1. The Morgan fingerprint density at radius 2 is 1.71 bits per heavy atom. The van der Waals surface area contributed by atoms with Crippen molar-refractivity contribution in [1.82, 2.24) is 15.5 Å². The number of ether oxygens (including phenoxy) is 2. The maximum Gasteiger partial charge on any atom is 0.411 e. The van der Waals surface area contributed by atoms with Crippen LogP contribution in [0.25, 0.3) is 11.1 Å². The highest BCUT2D eigenvalue weighted by Gasteiger charge is 2.23. The molecule has 1 aliphatic rings. The summed E-state index contributed by atoms with van der Waals surface area (Å²) >= 11 is 0. The lowest BCUT2D eigenvalue weighted by Crippen LogP contribution is -2.42. The number of benzene rings is 3. The Balaban J connectivity index is 1.15. The molecule has 9 nitrogen and oxygen atoms in total. The summed E-state index contributed by atoms with van der Waals surface area (Å²) in [5.41, 5.74) is 4.25. The number of para-hydroxylation sites is 1. The van der Waals surface area contributed by atoms with Gasteiger partial charge in [0.25, 0.3) is 0 Å². The summed E-state index contributed by atoms with van der Waals surface area (Å²) in [6.45, 7) is 4.55. The smallest absolute Gasteiger partial charge is 0.411 e. The van der Waals surface area contributed by atoms with Crippen LogP contribution in [0.5, 0.6) is 5.75 Å². The SMILES string of the molecule is COc1cc(CNCCO)ccc1C(=O)CNCCN1CCC(OC(=O)Nc2ccccc2-c2ccccc2)CC1. The van der Waals surface area contributed by atoms with E-state index in [-0.39, 0.29) is 25.0 Å². The average molecular weight is 561 g/mol. The van der Waals surface area contributed by atoms with Gasteiger partial charge in [-0.25, -0.2) is 4.79 Å². The molecule has 0 saturated carbocycles. The van der Waals surface area contributed by atoms with Gasteiger partial charge in [-0.2, -0.15) is 0 Å². The molecule has 1 amide bonds. The Kier molecular flexibility index (Phi) is 11.7. The third-order valence-corrected chi connectivity index (χ3v) is 7.13. The molecule has 0 bridgehead atoms. The Hall–Kier alpha value is -3.76. The van der Waals surface area contributed by atoms with Gasteiger partial charge in [-0.3, -0.25) is 10.1 Å². The van der Waals surface area contributed by atoms with Gasteiger partial charge in [0.2, 0.25) is 0 Å². The molecule has 1 saturated heterocycles. The molecule has 0 radical (unpaired) electrons. The predicted octanol–water partition coefficient (Wildman–Crippen LogP) is 3.93. The number of hydrogen-bond donors (Lipinski definition) is 4. The zero-order valence-electron chi connectivity index (χ0n) is 23.6. The van der Waals surface area contributed by atoms with Gasteiger partial charge in [-0.1, -0.05) is 54.6 Å². The lowest BCUT2D eigenvalue weighted by molar-refractivity contribution is 0.0593. The first-order valence-electron chi connectivity index (χ1n) is 14.1. The number of aliphatic hydroxyl groups is 1. The Morgan fingerprint density at radius 1 is 0.951 bits per heavy atom. The van der Waals surface area contributed by atoms with E-state index in [1.54, 1.807) is 13.2 Å². The van der Waals surface area contributed by atoms with Crippen LogP contribution in [0.15, 0.2) is 72.8 Å². The third kappa shape index (κ3) is 9.12. The van der Waals surface area contributed by atoms with Crippen LogP contribution >= 0.6 is 0 Å². The number of nitrogens with zero attached hydrogens (tertiary/aromatic N) is 1. The van der Waals surface area contributed by atoms with Gasteiger partial charge in [0.15, 0.2) is 5.78 Å². The van der Waals surface area contributed by atoms with Gasteiger partial charge >= 0.3 is 6.09 Å². The number of methoxy groups -OCH3 is 1. The van der Waals surface area contributed by atoms with Crippen molar-refractivity contribution >= 4 is 17.6 Å². The van der Waals surface area contributed by atoms with Gasteiger partial charge < -0.3 is 30.1 Å². The average Bonchev–Trinajstić information content (AvgIpc) is 3.00. The summed E-state index contributed by atoms with van der Waals surface area (Å²) in [7, 11) is 1.56. The molecule has 4 N–H and O–H groups in total. The first-order chi connectivity index (χ1) is 20.1. The highest BCUT2D eigenvalue weighted by atomic mass is 16.6. The maximum atomic E-state index is 12.8. The van der Waals surface area contributed by atoms with Crippen molar-refractivity contribution in [2.24, 2.45) is 0 Å². The van der Waals surface area contributed by atoms with Crippen molar-refractivity contribution in [2.45, 2.75) is 25.5 Å².